The van der Waals surface area contributed by atoms with Crippen molar-refractivity contribution in [3.63, 3.8) is 0 Å². The average Bonchev–Trinajstić information content (AvgIpc) is 2.76. The van der Waals surface area contributed by atoms with E-state index >= 15 is 0 Å². The number of carbonyl (C=O) groups is 1. The van der Waals surface area contributed by atoms with Crippen LogP contribution >= 0.6 is 0 Å². The molecule has 0 fully saturated rings. The maximum absolute atomic E-state index is 12.6. The molecule has 0 atom stereocenters. The molecule has 0 saturated heterocycles. The molecule has 1 aliphatic heterocycles. The number of methoxy groups -OCH3 is 1. The SMILES string of the molecule is CCOc1cccc2c1OCCCCCNC(=O)CN(Cc1ccccc1OC)C2. The van der Waals surface area contributed by atoms with E-state index in [1.54, 1.807) is 7.11 Å². The molecule has 1 heterocycles. The van der Waals surface area contributed by atoms with Crippen molar-refractivity contribution in [2.24, 2.45) is 0 Å². The quantitative estimate of drug-likeness (QED) is 0.810. The van der Waals surface area contributed by atoms with Crippen LogP contribution in [0.15, 0.2) is 42.5 Å². The molecule has 3 rings (SSSR count). The summed E-state index contributed by atoms with van der Waals surface area (Å²) in [6, 6.07) is 13.9. The highest BCUT2D eigenvalue weighted by Crippen LogP contribution is 2.33. The van der Waals surface area contributed by atoms with Crippen LogP contribution in [-0.2, 0) is 17.9 Å². The van der Waals surface area contributed by atoms with E-state index in [0.717, 1.165) is 47.6 Å². The number of carbonyl (C=O) groups excluding carboxylic acids is 1. The lowest BCUT2D eigenvalue weighted by molar-refractivity contribution is -0.122. The van der Waals surface area contributed by atoms with Gasteiger partial charge >= 0.3 is 0 Å². The fraction of sp³-hybridized carbons (Fsp3) is 0.458. The number of fused-ring (bicyclic) bond motifs is 1. The largest absolute Gasteiger partial charge is 0.496 e. The minimum Gasteiger partial charge on any atom is -0.496 e. The minimum atomic E-state index is 0.0348. The number of hydrogen-bond acceptors (Lipinski definition) is 5. The number of ether oxygens (including phenoxy) is 3. The molecular weight excluding hydrogens is 380 g/mol. The van der Waals surface area contributed by atoms with Crippen molar-refractivity contribution >= 4 is 5.91 Å². The normalized spacial score (nSPS) is 16.1. The molecule has 162 valence electrons. The third kappa shape index (κ3) is 6.13. The summed E-state index contributed by atoms with van der Waals surface area (Å²) in [6.07, 6.45) is 2.90. The fourth-order valence-corrected chi connectivity index (χ4v) is 3.67. The van der Waals surface area contributed by atoms with E-state index in [4.69, 9.17) is 14.2 Å². The molecule has 6 nitrogen and oxygen atoms in total. The zero-order chi connectivity index (χ0) is 21.2. The topological polar surface area (TPSA) is 60.0 Å². The molecule has 0 aliphatic carbocycles. The second-order valence-electron chi connectivity index (χ2n) is 7.39. The number of nitrogens with zero attached hydrogens (tertiary/aromatic N) is 1. The molecule has 2 aromatic rings. The molecule has 0 radical (unpaired) electrons. The van der Waals surface area contributed by atoms with E-state index in [2.05, 4.69) is 10.2 Å². The van der Waals surface area contributed by atoms with E-state index in [9.17, 15) is 4.79 Å². The Labute approximate surface area is 179 Å². The number of benzene rings is 2. The summed E-state index contributed by atoms with van der Waals surface area (Å²) in [4.78, 5) is 14.7. The smallest absolute Gasteiger partial charge is 0.234 e. The van der Waals surface area contributed by atoms with Crippen molar-refractivity contribution in [2.45, 2.75) is 39.3 Å². The van der Waals surface area contributed by atoms with E-state index in [1.165, 1.54) is 0 Å². The van der Waals surface area contributed by atoms with Crippen LogP contribution in [0.2, 0.25) is 0 Å². The predicted octanol–water partition coefficient (Wildman–Crippen LogP) is 3.78. The lowest BCUT2D eigenvalue weighted by atomic mass is 10.1. The Bertz CT molecular complexity index is 825. The molecule has 30 heavy (non-hydrogen) atoms. The van der Waals surface area contributed by atoms with Crippen LogP contribution < -0.4 is 19.5 Å². The number of hydrogen-bond donors (Lipinski definition) is 1. The van der Waals surface area contributed by atoms with Crippen molar-refractivity contribution in [1.29, 1.82) is 0 Å². The van der Waals surface area contributed by atoms with Gasteiger partial charge in [-0.1, -0.05) is 30.3 Å². The zero-order valence-electron chi connectivity index (χ0n) is 18.0. The Kier molecular flexibility index (Phi) is 8.39. The Morgan fingerprint density at radius 3 is 2.70 bits per heavy atom. The van der Waals surface area contributed by atoms with Crippen LogP contribution in [0.25, 0.3) is 0 Å². The Hall–Kier alpha value is -2.73. The summed E-state index contributed by atoms with van der Waals surface area (Å²) >= 11 is 0. The molecular formula is C24H32N2O4. The van der Waals surface area contributed by atoms with Crippen LogP contribution in [0.5, 0.6) is 17.2 Å². The summed E-state index contributed by atoms with van der Waals surface area (Å²) in [5, 5.41) is 3.04. The number of nitrogens with one attached hydrogen (secondary N) is 1. The number of rotatable bonds is 5. The summed E-state index contributed by atoms with van der Waals surface area (Å²) in [5.74, 6) is 2.39. The van der Waals surface area contributed by atoms with Crippen molar-refractivity contribution in [3.8, 4) is 17.2 Å². The summed E-state index contributed by atoms with van der Waals surface area (Å²) < 4.78 is 17.5. The molecule has 1 N–H and O–H groups in total. The van der Waals surface area contributed by atoms with Crippen LogP contribution in [0.4, 0.5) is 0 Å². The molecule has 0 unspecified atom stereocenters. The minimum absolute atomic E-state index is 0.0348. The van der Waals surface area contributed by atoms with Gasteiger partial charge in [0.25, 0.3) is 0 Å². The predicted molar refractivity (Wildman–Crippen MR) is 117 cm³/mol. The maximum Gasteiger partial charge on any atom is 0.234 e. The van der Waals surface area contributed by atoms with E-state index < -0.39 is 0 Å². The Morgan fingerprint density at radius 2 is 1.87 bits per heavy atom. The van der Waals surface area contributed by atoms with Gasteiger partial charge < -0.3 is 19.5 Å². The monoisotopic (exact) mass is 412 g/mol. The second kappa shape index (κ2) is 11.5. The third-order valence-electron chi connectivity index (χ3n) is 5.10. The van der Waals surface area contributed by atoms with Crippen LogP contribution in [0.3, 0.4) is 0 Å². The Balaban J connectivity index is 1.91. The van der Waals surface area contributed by atoms with Crippen LogP contribution in [0, 0.1) is 0 Å². The summed E-state index contributed by atoms with van der Waals surface area (Å²) in [7, 11) is 1.67. The lowest BCUT2D eigenvalue weighted by Gasteiger charge is -2.24. The van der Waals surface area contributed by atoms with Gasteiger partial charge in [0.05, 0.1) is 26.9 Å². The average molecular weight is 413 g/mol. The zero-order valence-corrected chi connectivity index (χ0v) is 18.0. The summed E-state index contributed by atoms with van der Waals surface area (Å²) in [6.45, 7) is 5.34. The van der Waals surface area contributed by atoms with Crippen LogP contribution in [0.1, 0.15) is 37.3 Å². The Morgan fingerprint density at radius 1 is 1.03 bits per heavy atom. The first-order valence-corrected chi connectivity index (χ1v) is 10.7. The first-order valence-electron chi connectivity index (χ1n) is 10.7. The summed E-state index contributed by atoms with van der Waals surface area (Å²) in [5.41, 5.74) is 2.06. The van der Waals surface area contributed by atoms with Gasteiger partial charge in [0.15, 0.2) is 11.5 Å². The number of para-hydroxylation sites is 2. The van der Waals surface area contributed by atoms with Crippen molar-refractivity contribution < 1.29 is 19.0 Å². The fourth-order valence-electron chi connectivity index (χ4n) is 3.67. The molecule has 0 saturated carbocycles. The van der Waals surface area contributed by atoms with E-state index in [-0.39, 0.29) is 5.91 Å². The second-order valence-corrected chi connectivity index (χ2v) is 7.39. The molecule has 6 heteroatoms. The van der Waals surface area contributed by atoms with Gasteiger partial charge in [0.1, 0.15) is 5.75 Å². The molecule has 0 bridgehead atoms. The van der Waals surface area contributed by atoms with Crippen LogP contribution in [-0.4, -0.2) is 44.2 Å². The van der Waals surface area contributed by atoms with Gasteiger partial charge in [-0.05, 0) is 38.3 Å². The van der Waals surface area contributed by atoms with Crippen molar-refractivity contribution in [1.82, 2.24) is 10.2 Å². The molecule has 1 amide bonds. The van der Waals surface area contributed by atoms with Gasteiger partial charge in [-0.3, -0.25) is 9.69 Å². The molecule has 0 spiro atoms. The standard InChI is InChI=1S/C24H32N2O4/c1-3-29-22-13-9-11-20-17-26(16-19-10-5-6-12-21(19)28-2)18-23(27)25-14-7-4-8-15-30-24(20)22/h5-6,9-13H,3-4,7-8,14-18H2,1-2H3,(H,25,27). The van der Waals surface area contributed by atoms with Crippen molar-refractivity contribution in [3.05, 3.63) is 53.6 Å². The van der Waals surface area contributed by atoms with E-state index in [1.807, 2.05) is 49.4 Å². The van der Waals surface area contributed by atoms with Gasteiger partial charge in [-0.2, -0.15) is 0 Å². The van der Waals surface area contributed by atoms with E-state index in [0.29, 0.717) is 39.4 Å². The van der Waals surface area contributed by atoms with Crippen molar-refractivity contribution in [2.75, 3.05) is 33.4 Å². The lowest BCUT2D eigenvalue weighted by Crippen LogP contribution is -2.37. The highest BCUT2D eigenvalue weighted by atomic mass is 16.5. The van der Waals surface area contributed by atoms with Gasteiger partial charge in [0.2, 0.25) is 5.91 Å². The van der Waals surface area contributed by atoms with Gasteiger partial charge in [-0.15, -0.1) is 0 Å². The van der Waals surface area contributed by atoms with Gasteiger partial charge in [-0.25, -0.2) is 0 Å². The molecule has 2 aromatic carbocycles. The first-order chi connectivity index (χ1) is 14.7. The molecule has 1 aliphatic rings. The molecule has 0 aromatic heterocycles. The highest BCUT2D eigenvalue weighted by Gasteiger charge is 2.19. The van der Waals surface area contributed by atoms with Gasteiger partial charge in [0, 0.05) is 30.8 Å². The maximum atomic E-state index is 12.6. The third-order valence-corrected chi connectivity index (χ3v) is 5.10. The highest BCUT2D eigenvalue weighted by molar-refractivity contribution is 5.78. The number of amides is 1. The first kappa shape index (κ1) is 22.0.